The Balaban J connectivity index is 1.26. The lowest BCUT2D eigenvalue weighted by Crippen LogP contribution is -2.40. The second kappa shape index (κ2) is 8.50. The summed E-state index contributed by atoms with van der Waals surface area (Å²) in [5.41, 5.74) is 5.15. The molecular formula is C22H20F5N3O2. The van der Waals surface area contributed by atoms with Gasteiger partial charge in [-0.05, 0) is 30.2 Å². The minimum absolute atomic E-state index is 0.0300. The first-order chi connectivity index (χ1) is 15.2. The van der Waals surface area contributed by atoms with Gasteiger partial charge in [-0.2, -0.15) is 0 Å². The van der Waals surface area contributed by atoms with Crippen LogP contribution in [0.15, 0.2) is 30.3 Å². The second-order valence-corrected chi connectivity index (χ2v) is 8.25. The van der Waals surface area contributed by atoms with E-state index in [2.05, 4.69) is 5.32 Å². The van der Waals surface area contributed by atoms with Gasteiger partial charge in [0.15, 0.2) is 11.6 Å². The minimum atomic E-state index is -1.30. The average Bonchev–Trinajstić information content (AvgIpc) is 3.14. The largest absolute Gasteiger partial charge is 0.353 e. The molecule has 170 valence electrons. The number of hydrogen-bond donors (Lipinski definition) is 2. The highest BCUT2D eigenvalue weighted by Crippen LogP contribution is 2.46. The number of nitrogens with one attached hydrogen (secondary N) is 1. The summed E-state index contributed by atoms with van der Waals surface area (Å²) >= 11 is 0. The number of nitrogens with two attached hydrogens (primary N) is 1. The van der Waals surface area contributed by atoms with Gasteiger partial charge in [-0.15, -0.1) is 0 Å². The summed E-state index contributed by atoms with van der Waals surface area (Å²) in [6.07, 6.45) is -0.304. The van der Waals surface area contributed by atoms with Crippen molar-refractivity contribution in [3.63, 3.8) is 0 Å². The Morgan fingerprint density at radius 3 is 2.19 bits per heavy atom. The van der Waals surface area contributed by atoms with Crippen molar-refractivity contribution in [3.05, 3.63) is 70.5 Å². The van der Waals surface area contributed by atoms with Gasteiger partial charge in [-0.1, -0.05) is 6.07 Å². The molecule has 5 nitrogen and oxygen atoms in total. The molecule has 0 bridgehead atoms. The maximum atomic E-state index is 13.8. The summed E-state index contributed by atoms with van der Waals surface area (Å²) in [4.78, 5) is 26.1. The van der Waals surface area contributed by atoms with Gasteiger partial charge in [0.05, 0.1) is 0 Å². The highest BCUT2D eigenvalue weighted by Gasteiger charge is 2.57. The molecule has 2 amide bonds. The minimum Gasteiger partial charge on any atom is -0.353 e. The van der Waals surface area contributed by atoms with Crippen LogP contribution in [0.4, 0.5) is 22.0 Å². The lowest BCUT2D eigenvalue weighted by Gasteiger charge is -2.21. The molecule has 1 aliphatic carbocycles. The zero-order chi connectivity index (χ0) is 23.2. The number of rotatable bonds is 6. The highest BCUT2D eigenvalue weighted by molar-refractivity contribution is 5.95. The number of hydrogen-bond acceptors (Lipinski definition) is 3. The van der Waals surface area contributed by atoms with Crippen molar-refractivity contribution >= 4 is 11.8 Å². The monoisotopic (exact) mass is 453 g/mol. The fourth-order valence-corrected chi connectivity index (χ4v) is 4.32. The van der Waals surface area contributed by atoms with E-state index in [0.717, 1.165) is 18.2 Å². The summed E-state index contributed by atoms with van der Waals surface area (Å²) in [6, 6.07) is 3.37. The third-order valence-electron chi connectivity index (χ3n) is 6.00. The smallest absolute Gasteiger partial charge is 0.259 e. The van der Waals surface area contributed by atoms with Crippen LogP contribution in [0.3, 0.4) is 0 Å². The first-order valence-electron chi connectivity index (χ1n) is 10.1. The van der Waals surface area contributed by atoms with Crippen molar-refractivity contribution in [2.75, 3.05) is 13.1 Å². The number of carbonyl (C=O) groups is 2. The van der Waals surface area contributed by atoms with Crippen molar-refractivity contribution in [1.29, 1.82) is 0 Å². The Hall–Kier alpha value is -3.01. The number of carbonyl (C=O) groups excluding carboxylic acids is 2. The van der Waals surface area contributed by atoms with E-state index < -0.39 is 52.5 Å². The Labute approximate surface area is 180 Å². The molecule has 2 fully saturated rings. The fourth-order valence-electron chi connectivity index (χ4n) is 4.32. The van der Waals surface area contributed by atoms with Gasteiger partial charge in [0.2, 0.25) is 5.91 Å². The van der Waals surface area contributed by atoms with Gasteiger partial charge in [0, 0.05) is 49.5 Å². The van der Waals surface area contributed by atoms with Crippen molar-refractivity contribution in [2.45, 2.75) is 24.9 Å². The lowest BCUT2D eigenvalue weighted by atomic mass is 10.0. The molecule has 3 N–H and O–H groups in total. The Kier molecular flexibility index (Phi) is 5.89. The summed E-state index contributed by atoms with van der Waals surface area (Å²) in [5.74, 6) is -6.46. The number of fused-ring (bicyclic) bond motifs is 1. The van der Waals surface area contributed by atoms with Gasteiger partial charge in [0.25, 0.3) is 5.91 Å². The maximum Gasteiger partial charge on any atom is 0.259 e. The Bertz CT molecular complexity index is 1050. The normalized spacial score (nSPS) is 22.4. The topological polar surface area (TPSA) is 75.4 Å². The number of piperidine rings is 1. The molecular weight excluding hydrogens is 433 g/mol. The molecule has 1 saturated heterocycles. The predicted octanol–water partition coefficient (Wildman–Crippen LogP) is 2.53. The first kappa shape index (κ1) is 22.2. The summed E-state index contributed by atoms with van der Waals surface area (Å²) in [5, 5.41) is 2.80. The van der Waals surface area contributed by atoms with E-state index in [1.54, 1.807) is 0 Å². The molecule has 0 radical (unpaired) electrons. The van der Waals surface area contributed by atoms with E-state index in [0.29, 0.717) is 6.07 Å². The van der Waals surface area contributed by atoms with Crippen LogP contribution in [0.2, 0.25) is 0 Å². The van der Waals surface area contributed by atoms with E-state index in [1.807, 2.05) is 0 Å². The molecule has 1 aliphatic heterocycles. The van der Waals surface area contributed by atoms with Crippen LogP contribution in [0.25, 0.3) is 0 Å². The zero-order valence-corrected chi connectivity index (χ0v) is 16.8. The van der Waals surface area contributed by atoms with Gasteiger partial charge in [-0.25, -0.2) is 22.0 Å². The van der Waals surface area contributed by atoms with Crippen LogP contribution < -0.4 is 11.1 Å². The van der Waals surface area contributed by atoms with Crippen LogP contribution in [0, 0.1) is 40.9 Å². The zero-order valence-electron chi connectivity index (χ0n) is 16.8. The van der Waals surface area contributed by atoms with E-state index in [4.69, 9.17) is 5.73 Å². The predicted molar refractivity (Wildman–Crippen MR) is 104 cm³/mol. The average molecular weight is 453 g/mol. The van der Waals surface area contributed by atoms with Gasteiger partial charge >= 0.3 is 0 Å². The van der Waals surface area contributed by atoms with Gasteiger partial charge < -0.3 is 16.0 Å². The fraction of sp³-hybridized carbons (Fsp3) is 0.364. The van der Waals surface area contributed by atoms with Gasteiger partial charge in [0.1, 0.15) is 23.0 Å². The Morgan fingerprint density at radius 2 is 1.56 bits per heavy atom. The van der Waals surface area contributed by atoms with Crippen LogP contribution in [0.1, 0.15) is 22.3 Å². The van der Waals surface area contributed by atoms with Crippen molar-refractivity contribution < 1.29 is 31.5 Å². The van der Waals surface area contributed by atoms with E-state index in [1.165, 1.54) is 11.0 Å². The molecule has 2 aromatic rings. The Morgan fingerprint density at radius 1 is 0.969 bits per heavy atom. The number of nitrogens with zero attached hydrogens (tertiary/aromatic N) is 1. The molecule has 4 atom stereocenters. The van der Waals surface area contributed by atoms with Crippen molar-refractivity contribution in [3.8, 4) is 0 Å². The maximum absolute atomic E-state index is 13.8. The quantitative estimate of drug-likeness (QED) is 0.522. The van der Waals surface area contributed by atoms with E-state index in [-0.39, 0.29) is 49.4 Å². The summed E-state index contributed by atoms with van der Waals surface area (Å²) in [6.45, 7) is 0.517. The van der Waals surface area contributed by atoms with E-state index in [9.17, 15) is 31.5 Å². The SMILES string of the molecule is N[C@@H](CC(=O)NC1[C@H]2CN(C(=O)c3c(F)cccc3F)C[C@@H]12)Cc1cc(F)c(F)cc1F. The van der Waals surface area contributed by atoms with Crippen LogP contribution >= 0.6 is 0 Å². The van der Waals surface area contributed by atoms with E-state index >= 15 is 0 Å². The van der Waals surface area contributed by atoms with Crippen LogP contribution in [-0.2, 0) is 11.2 Å². The first-order valence-corrected chi connectivity index (χ1v) is 10.1. The van der Waals surface area contributed by atoms with Gasteiger partial charge in [-0.3, -0.25) is 9.59 Å². The molecule has 2 aliphatic rings. The molecule has 32 heavy (non-hydrogen) atoms. The summed E-state index contributed by atoms with van der Waals surface area (Å²) < 4.78 is 67.7. The number of likely N-dealkylation sites (tertiary alicyclic amines) is 1. The van der Waals surface area contributed by atoms with Crippen molar-refractivity contribution in [1.82, 2.24) is 10.2 Å². The van der Waals surface area contributed by atoms with Crippen LogP contribution in [0.5, 0.6) is 0 Å². The molecule has 0 aromatic heterocycles. The third kappa shape index (κ3) is 4.32. The number of amides is 2. The standard InChI is InChI=1S/C22H20F5N3O2/c23-14-2-1-3-15(24)20(14)22(32)30-8-12-13(9-30)21(12)29-19(31)6-11(28)4-10-5-17(26)18(27)7-16(10)25/h1-3,5,7,11-13,21H,4,6,8-9,28H2,(H,29,31)/t11-,12-,13+,21?/m1/s1. The second-order valence-electron chi connectivity index (χ2n) is 8.25. The molecule has 0 spiro atoms. The molecule has 2 aromatic carbocycles. The third-order valence-corrected chi connectivity index (χ3v) is 6.00. The van der Waals surface area contributed by atoms with Crippen LogP contribution in [-0.4, -0.2) is 41.9 Å². The van der Waals surface area contributed by atoms with Crippen molar-refractivity contribution in [2.24, 2.45) is 17.6 Å². The molecule has 4 rings (SSSR count). The molecule has 1 heterocycles. The molecule has 1 unspecified atom stereocenters. The molecule has 10 heteroatoms. The number of halogens is 5. The molecule has 1 saturated carbocycles. The summed E-state index contributed by atoms with van der Waals surface area (Å²) in [7, 11) is 0. The lowest BCUT2D eigenvalue weighted by molar-refractivity contribution is -0.121. The highest BCUT2D eigenvalue weighted by atomic mass is 19.2. The number of benzene rings is 2.